The maximum Gasteiger partial charge on any atom is 0.142 e. The highest BCUT2D eigenvalue weighted by atomic mass is 35.5. The first-order valence-corrected chi connectivity index (χ1v) is 6.70. The number of ether oxygens (including phenoxy) is 1. The topological polar surface area (TPSA) is 42.4 Å². The van der Waals surface area contributed by atoms with E-state index >= 15 is 0 Å². The van der Waals surface area contributed by atoms with Gasteiger partial charge in [0.2, 0.25) is 0 Å². The van der Waals surface area contributed by atoms with Crippen molar-refractivity contribution in [3.63, 3.8) is 0 Å². The third-order valence-electron chi connectivity index (χ3n) is 2.78. The van der Waals surface area contributed by atoms with Crippen molar-refractivity contribution in [2.75, 3.05) is 6.61 Å². The lowest BCUT2D eigenvalue weighted by Gasteiger charge is -2.13. The number of benzene rings is 1. The molecule has 0 fully saturated rings. The molecule has 0 aliphatic heterocycles. The summed E-state index contributed by atoms with van der Waals surface area (Å²) in [5.41, 5.74) is 0.960. The van der Waals surface area contributed by atoms with Gasteiger partial charge in [0, 0.05) is 11.8 Å². The van der Waals surface area contributed by atoms with Crippen molar-refractivity contribution < 1.29 is 14.2 Å². The lowest BCUT2D eigenvalue weighted by atomic mass is 10.0. The minimum absolute atomic E-state index is 0.0269. The second-order valence-electron chi connectivity index (χ2n) is 4.38. The summed E-state index contributed by atoms with van der Waals surface area (Å²) in [6.45, 7) is 2.58. The Labute approximate surface area is 122 Å². The predicted molar refractivity (Wildman–Crippen MR) is 75.5 cm³/mol. The zero-order valence-electron chi connectivity index (χ0n) is 11.0. The maximum atomic E-state index is 13.4. The van der Waals surface area contributed by atoms with Gasteiger partial charge in [-0.15, -0.1) is 0 Å². The third-order valence-corrected chi connectivity index (χ3v) is 3.09. The highest BCUT2D eigenvalue weighted by Crippen LogP contribution is 2.26. The Morgan fingerprint density at radius 3 is 2.80 bits per heavy atom. The monoisotopic (exact) mass is 295 g/mol. The quantitative estimate of drug-likeness (QED) is 0.913. The lowest BCUT2D eigenvalue weighted by Crippen LogP contribution is -2.02. The van der Waals surface area contributed by atoms with Gasteiger partial charge in [-0.3, -0.25) is 4.98 Å². The molecule has 0 bridgehead atoms. The summed E-state index contributed by atoms with van der Waals surface area (Å²) < 4.78 is 18.9. The molecule has 1 atom stereocenters. The highest BCUT2D eigenvalue weighted by Gasteiger charge is 2.13. The zero-order chi connectivity index (χ0) is 14.5. The molecular formula is C15H15ClFNO2. The Bertz CT molecular complexity index is 592. The molecule has 0 amide bonds. The van der Waals surface area contributed by atoms with Gasteiger partial charge in [0.15, 0.2) is 0 Å². The Balaban J connectivity index is 2.23. The summed E-state index contributed by atoms with van der Waals surface area (Å²) in [5, 5.41) is 10.3. The Kier molecular flexibility index (Phi) is 4.93. The van der Waals surface area contributed by atoms with Crippen molar-refractivity contribution in [2.24, 2.45) is 0 Å². The number of rotatable bonds is 5. The summed E-state index contributed by atoms with van der Waals surface area (Å²) in [5.74, 6) is 0.0207. The van der Waals surface area contributed by atoms with E-state index in [2.05, 4.69) is 4.98 Å². The first-order valence-electron chi connectivity index (χ1n) is 6.32. The van der Waals surface area contributed by atoms with Crippen molar-refractivity contribution in [3.8, 4) is 5.75 Å². The molecule has 0 saturated carbocycles. The second-order valence-corrected chi connectivity index (χ2v) is 4.79. The van der Waals surface area contributed by atoms with Crippen LogP contribution in [0.5, 0.6) is 5.75 Å². The first-order chi connectivity index (χ1) is 9.61. The smallest absolute Gasteiger partial charge is 0.142 e. The predicted octanol–water partition coefficient (Wildman–Crippen LogP) is 3.74. The Hall–Kier alpha value is -1.65. The van der Waals surface area contributed by atoms with Gasteiger partial charge in [0.1, 0.15) is 17.7 Å². The molecule has 1 aromatic heterocycles. The van der Waals surface area contributed by atoms with Gasteiger partial charge in [-0.2, -0.15) is 0 Å². The van der Waals surface area contributed by atoms with Crippen LogP contribution in [-0.4, -0.2) is 16.7 Å². The number of hydrogen-bond acceptors (Lipinski definition) is 3. The van der Waals surface area contributed by atoms with E-state index in [0.29, 0.717) is 23.5 Å². The molecule has 0 spiro atoms. The van der Waals surface area contributed by atoms with Crippen LogP contribution in [0.4, 0.5) is 4.39 Å². The SMILES string of the molecule is CCCOc1cncc(C(O)c2ccc(Cl)c(F)c2)c1. The van der Waals surface area contributed by atoms with E-state index in [4.69, 9.17) is 16.3 Å². The molecule has 1 aromatic carbocycles. The van der Waals surface area contributed by atoms with Crippen LogP contribution in [0.2, 0.25) is 5.02 Å². The zero-order valence-corrected chi connectivity index (χ0v) is 11.8. The van der Waals surface area contributed by atoms with E-state index < -0.39 is 11.9 Å². The first kappa shape index (κ1) is 14.8. The van der Waals surface area contributed by atoms with Crippen molar-refractivity contribution in [3.05, 3.63) is 58.6 Å². The number of aliphatic hydroxyl groups excluding tert-OH is 1. The van der Waals surface area contributed by atoms with Crippen LogP contribution in [-0.2, 0) is 0 Å². The Morgan fingerprint density at radius 2 is 2.10 bits per heavy atom. The van der Waals surface area contributed by atoms with Crippen LogP contribution in [0.1, 0.15) is 30.6 Å². The molecule has 1 unspecified atom stereocenters. The van der Waals surface area contributed by atoms with Gasteiger partial charge in [-0.25, -0.2) is 4.39 Å². The standard InChI is InChI=1S/C15H15ClFNO2/c1-2-5-20-12-6-11(8-18-9-12)15(19)10-3-4-13(16)14(17)7-10/h3-4,6-9,15,19H,2,5H2,1H3. The molecule has 2 rings (SSSR count). The summed E-state index contributed by atoms with van der Waals surface area (Å²) >= 11 is 5.62. The fourth-order valence-electron chi connectivity index (χ4n) is 1.76. The van der Waals surface area contributed by atoms with E-state index in [-0.39, 0.29) is 5.02 Å². The average molecular weight is 296 g/mol. The summed E-state index contributed by atoms with van der Waals surface area (Å²) in [4.78, 5) is 4.02. The van der Waals surface area contributed by atoms with Crippen molar-refractivity contribution >= 4 is 11.6 Å². The van der Waals surface area contributed by atoms with Gasteiger partial charge in [-0.05, 0) is 30.2 Å². The van der Waals surface area contributed by atoms with Crippen LogP contribution < -0.4 is 4.74 Å². The number of aromatic nitrogens is 1. The van der Waals surface area contributed by atoms with Gasteiger partial charge < -0.3 is 9.84 Å². The third kappa shape index (κ3) is 3.46. The number of nitrogens with zero attached hydrogens (tertiary/aromatic N) is 1. The largest absolute Gasteiger partial charge is 0.492 e. The minimum Gasteiger partial charge on any atom is -0.492 e. The molecule has 0 aliphatic carbocycles. The van der Waals surface area contributed by atoms with Crippen molar-refractivity contribution in [2.45, 2.75) is 19.4 Å². The number of halogens is 2. The van der Waals surface area contributed by atoms with Gasteiger partial charge in [0.05, 0.1) is 17.8 Å². The maximum absolute atomic E-state index is 13.4. The van der Waals surface area contributed by atoms with E-state index in [1.165, 1.54) is 18.3 Å². The normalized spacial score (nSPS) is 12.2. The second kappa shape index (κ2) is 6.68. The molecule has 20 heavy (non-hydrogen) atoms. The summed E-state index contributed by atoms with van der Waals surface area (Å²) in [7, 11) is 0. The number of pyridine rings is 1. The van der Waals surface area contributed by atoms with Crippen LogP contribution in [0, 0.1) is 5.82 Å². The average Bonchev–Trinajstić information content (AvgIpc) is 2.47. The number of aliphatic hydroxyl groups is 1. The summed E-state index contributed by atoms with van der Waals surface area (Å²) in [6, 6.07) is 5.91. The lowest BCUT2D eigenvalue weighted by molar-refractivity contribution is 0.218. The van der Waals surface area contributed by atoms with E-state index in [1.807, 2.05) is 6.92 Å². The van der Waals surface area contributed by atoms with Gasteiger partial charge in [-0.1, -0.05) is 24.6 Å². The molecule has 2 aromatic rings. The molecule has 0 radical (unpaired) electrons. The summed E-state index contributed by atoms with van der Waals surface area (Å²) in [6.07, 6.45) is 3.01. The molecule has 0 aliphatic rings. The van der Waals surface area contributed by atoms with E-state index in [1.54, 1.807) is 18.3 Å². The molecule has 3 nitrogen and oxygen atoms in total. The molecule has 5 heteroatoms. The van der Waals surface area contributed by atoms with E-state index in [0.717, 1.165) is 6.42 Å². The van der Waals surface area contributed by atoms with Crippen LogP contribution in [0.3, 0.4) is 0 Å². The molecule has 0 saturated heterocycles. The Morgan fingerprint density at radius 1 is 1.30 bits per heavy atom. The molecular weight excluding hydrogens is 281 g/mol. The van der Waals surface area contributed by atoms with Crippen LogP contribution in [0.15, 0.2) is 36.7 Å². The van der Waals surface area contributed by atoms with Crippen molar-refractivity contribution in [1.29, 1.82) is 0 Å². The van der Waals surface area contributed by atoms with Gasteiger partial charge in [0.25, 0.3) is 0 Å². The fraction of sp³-hybridized carbons (Fsp3) is 0.267. The van der Waals surface area contributed by atoms with Crippen molar-refractivity contribution in [1.82, 2.24) is 4.98 Å². The van der Waals surface area contributed by atoms with Gasteiger partial charge >= 0.3 is 0 Å². The van der Waals surface area contributed by atoms with Crippen LogP contribution >= 0.6 is 11.6 Å². The molecule has 106 valence electrons. The molecule has 1 heterocycles. The fourth-order valence-corrected chi connectivity index (χ4v) is 1.88. The highest BCUT2D eigenvalue weighted by molar-refractivity contribution is 6.30. The van der Waals surface area contributed by atoms with E-state index in [9.17, 15) is 9.50 Å². The molecule has 1 N–H and O–H groups in total. The number of hydrogen-bond donors (Lipinski definition) is 1. The van der Waals surface area contributed by atoms with Crippen LogP contribution in [0.25, 0.3) is 0 Å². The minimum atomic E-state index is -0.973.